The summed E-state index contributed by atoms with van der Waals surface area (Å²) in [6, 6.07) is 41.4. The zero-order chi connectivity index (χ0) is 98.3. The highest BCUT2D eigenvalue weighted by Crippen LogP contribution is 2.27. The lowest BCUT2D eigenvalue weighted by molar-refractivity contribution is -0.114. The monoisotopic (exact) mass is 1920 g/mol. The van der Waals surface area contributed by atoms with Crippen molar-refractivity contribution in [3.8, 4) is 45.2 Å². The molecular weight excluding hydrogens is 1780 g/mol. The van der Waals surface area contributed by atoms with Crippen LogP contribution in [0.15, 0.2) is 213 Å². The molecule has 0 saturated carbocycles. The third kappa shape index (κ3) is 36.5. The van der Waals surface area contributed by atoms with E-state index in [4.69, 9.17) is 31.7 Å². The van der Waals surface area contributed by atoms with Gasteiger partial charge in [0.05, 0.1) is 68.6 Å². The number of nitrogens with one attached hydrogen (secondary N) is 1. The highest BCUT2D eigenvalue weighted by Gasteiger charge is 2.26. The fraction of sp³-hybridized carbons (Fsp3) is 0.490. The summed E-state index contributed by atoms with van der Waals surface area (Å²) in [7, 11) is 4.06. The Morgan fingerprint density at radius 2 is 0.629 bits per heavy atom. The van der Waals surface area contributed by atoms with Crippen LogP contribution in [0.2, 0.25) is 0 Å². The van der Waals surface area contributed by atoms with E-state index in [9.17, 15) is 4.79 Å². The fourth-order valence-corrected chi connectivity index (χ4v) is 16.3. The summed E-state index contributed by atoms with van der Waals surface area (Å²) in [4.78, 5) is 38.1. The number of carbonyl (C=O) groups is 1. The number of aryl methyl sites for hydroxylation is 2. The Balaban J connectivity index is 0.000000147. The molecule has 7 saturated heterocycles. The van der Waals surface area contributed by atoms with Crippen LogP contribution in [0.5, 0.6) is 0 Å². The number of rotatable bonds is 29. The van der Waals surface area contributed by atoms with Gasteiger partial charge in [0.1, 0.15) is 22.8 Å². The number of hydrazone groups is 7. The fourth-order valence-electron chi connectivity index (χ4n) is 16.3. The van der Waals surface area contributed by atoms with Gasteiger partial charge in [-0.15, -0.1) is 0 Å². The van der Waals surface area contributed by atoms with Crippen LogP contribution in [0.4, 0.5) is 5.69 Å². The molecule has 9 aromatic heterocycles. The van der Waals surface area contributed by atoms with Crippen LogP contribution in [0.25, 0.3) is 45.2 Å². The zero-order valence-corrected chi connectivity index (χ0v) is 83.7. The number of piperazine rings is 7. The van der Waals surface area contributed by atoms with E-state index in [1.54, 1.807) is 18.6 Å². The quantitative estimate of drug-likeness (QED) is 0.0425. The number of anilines is 1. The van der Waals surface area contributed by atoms with E-state index in [-0.39, 0.29) is 5.91 Å². The molecule has 0 atom stereocenters. The van der Waals surface area contributed by atoms with Crippen molar-refractivity contribution < 1.29 is 36.5 Å². The first-order valence-corrected chi connectivity index (χ1v) is 48.7. The van der Waals surface area contributed by atoms with Crippen molar-refractivity contribution in [3.05, 3.63) is 203 Å². The molecule has 7 fully saturated rings. The molecule has 0 radical (unpaired) electrons. The second kappa shape index (κ2) is 57.9. The van der Waals surface area contributed by atoms with Crippen LogP contribution in [-0.4, -0.2) is 367 Å². The molecule has 140 heavy (non-hydrogen) atoms. The molecule has 16 heterocycles. The zero-order valence-electron chi connectivity index (χ0n) is 83.7. The van der Waals surface area contributed by atoms with Crippen LogP contribution in [0, 0.1) is 6.92 Å². The lowest BCUT2D eigenvalue weighted by atomic mass is 10.1. The predicted octanol–water partition coefficient (Wildman–Crippen LogP) is 11.9. The first-order chi connectivity index (χ1) is 68.4. The van der Waals surface area contributed by atoms with Crippen LogP contribution >= 0.6 is 0 Å². The summed E-state index contributed by atoms with van der Waals surface area (Å²) in [5.41, 5.74) is 11.0. The molecule has 2 aromatic carbocycles. The van der Waals surface area contributed by atoms with E-state index in [0.717, 1.165) is 350 Å². The number of hydrogen-bond acceptors (Lipinski definition) is 39. The smallest absolute Gasteiger partial charge is 0.221 e. The number of benzene rings is 2. The van der Waals surface area contributed by atoms with Gasteiger partial charge in [-0.3, -0.25) is 84.1 Å². The van der Waals surface area contributed by atoms with Gasteiger partial charge < -0.3 is 41.9 Å². The van der Waals surface area contributed by atoms with Crippen molar-refractivity contribution in [2.75, 3.05) is 203 Å². The third-order valence-electron chi connectivity index (χ3n) is 23.5. The second-order valence-electron chi connectivity index (χ2n) is 34.6. The molecule has 0 aliphatic carbocycles. The number of hydrogen-bond donors (Lipinski definition) is 1. The Hall–Kier alpha value is -13.3. The lowest BCUT2D eigenvalue weighted by Gasteiger charge is -2.32. The normalized spacial score (nSPS) is 17.1. The molecule has 0 spiro atoms. The van der Waals surface area contributed by atoms with Crippen LogP contribution in [-0.2, 0) is 63.6 Å². The molecule has 18 rings (SSSR count). The molecule has 40 heteroatoms. The minimum absolute atomic E-state index is 0.0822. The summed E-state index contributed by atoms with van der Waals surface area (Å²) in [5, 5.41) is 76.1. The van der Waals surface area contributed by atoms with Crippen molar-refractivity contribution in [2.45, 2.75) is 128 Å². The summed E-state index contributed by atoms with van der Waals surface area (Å²) >= 11 is 0. The first-order valence-electron chi connectivity index (χ1n) is 48.7. The molecule has 1 amide bonds. The number of amides is 1. The van der Waals surface area contributed by atoms with E-state index < -0.39 is 0 Å². The molecule has 7 aliphatic rings. The van der Waals surface area contributed by atoms with Gasteiger partial charge in [0.15, 0.2) is 40.3 Å². The van der Waals surface area contributed by atoms with Gasteiger partial charge in [-0.1, -0.05) is 91.6 Å². The van der Waals surface area contributed by atoms with E-state index in [2.05, 4.69) is 180 Å². The van der Waals surface area contributed by atoms with Crippen molar-refractivity contribution in [1.29, 1.82) is 0 Å². The Morgan fingerprint density at radius 1 is 0.329 bits per heavy atom. The van der Waals surface area contributed by atoms with Crippen LogP contribution < -0.4 is 5.32 Å². The molecule has 0 unspecified atom stereocenters. The third-order valence-corrected chi connectivity index (χ3v) is 23.5. The predicted molar refractivity (Wildman–Crippen MR) is 546 cm³/mol. The van der Waals surface area contributed by atoms with Gasteiger partial charge in [-0.25, -0.2) is 0 Å². The topological polar surface area (TPSA) is 372 Å². The maximum Gasteiger partial charge on any atom is 0.221 e. The van der Waals surface area contributed by atoms with Crippen molar-refractivity contribution in [3.63, 3.8) is 0 Å². The minimum Gasteiger partial charge on any atom is -0.360 e. The van der Waals surface area contributed by atoms with Gasteiger partial charge in [0.25, 0.3) is 0 Å². The molecule has 1 N–H and O–H groups in total. The van der Waals surface area contributed by atoms with Crippen molar-refractivity contribution in [2.24, 2.45) is 35.7 Å². The number of pyridine rings is 2. The standard InChI is InChI=1S/C18H23N5O2.C16H20N4O.2C15H19N5O.C13H23N5O.C12H20N4O.C11H18N4O/c1-3-19-23-10-8-22(9-11-23)13-17-12-18(21-25-17)15-4-6-16(7-5-15)20-14(2)24;1-2-17-20-10-8-19(9-11-20)13-15-12-16(18-21-15)14-6-4-3-5-7-14;1-2-17-20-8-6-19(7-9-20)12-14-10-15(18-21-14)13-4-3-5-16-11-13;1-2-17-20-9-7-19(8-10-20)12-13-11-15(18-21-13)14-5-3-4-6-16-14;1-4-14-18-7-5-17(6-8-18)11-13-9-12(15-19-13)10-16(2)3;1-3-11-9-12(17-14-11)10-15-5-7-16(8-6-15)13-4-2;1-3-12-15-6-4-14(5-7-15)9-11-8-10(2)13-16-11/h3-7,12H,8-11,13H2,1-2H3,(H,20,24);2-7,12H,8-11,13H2,1H3;2-5,10-11H,6-9,12H2,1H3;2-6,11H,7-10,12H2,1H3;4,9H,5-8,10-11H2,1-3H3;4,9H,3,5-8,10H2,1-2H3;3,8H,4-7,9H2,1-2H3/b19-3+;3*17-2+;14-4+;13-4+;12-3+. The molecular formula is C100H142N32O8. The largest absolute Gasteiger partial charge is 0.360 e. The number of carbonyl (C=O) groups excluding carboxylic acids is 1. The van der Waals surface area contributed by atoms with Gasteiger partial charge in [0.2, 0.25) is 5.91 Å². The first kappa shape index (κ1) is 106. The van der Waals surface area contributed by atoms with Crippen molar-refractivity contribution >= 4 is 55.1 Å². The highest BCUT2D eigenvalue weighted by atomic mass is 16.5. The molecule has 0 bridgehead atoms. The lowest BCUT2D eigenvalue weighted by Crippen LogP contribution is -2.43. The van der Waals surface area contributed by atoms with E-state index in [1.165, 1.54) is 6.92 Å². The molecule has 7 aliphatic heterocycles. The minimum atomic E-state index is -0.0822. The van der Waals surface area contributed by atoms with Gasteiger partial charge >= 0.3 is 0 Å². The Morgan fingerprint density at radius 3 is 0.936 bits per heavy atom. The molecule has 750 valence electrons. The average Bonchev–Trinajstić information content (AvgIpc) is 1.67. The van der Waals surface area contributed by atoms with Gasteiger partial charge in [-0.05, 0) is 112 Å². The summed E-state index contributed by atoms with van der Waals surface area (Å²) < 4.78 is 37.7. The van der Waals surface area contributed by atoms with E-state index >= 15 is 0 Å². The number of aromatic nitrogens is 9. The summed E-state index contributed by atoms with van der Waals surface area (Å²) in [6.45, 7) is 53.1. The van der Waals surface area contributed by atoms with Crippen LogP contribution in [0.1, 0.15) is 120 Å². The molecule has 11 aromatic rings. The van der Waals surface area contributed by atoms with Gasteiger partial charge in [-0.2, -0.15) is 35.7 Å². The number of nitrogens with zero attached hydrogens (tertiary/aromatic N) is 31. The SMILES string of the molecule is C/C=N/N1CCN(Cc2cc(-c3ccc(NC(C)=O)cc3)no2)CC1.C/C=N/N1CCN(Cc2cc(-c3ccccc3)no2)CC1.C/C=N/N1CCN(Cc2cc(-c3ccccn3)no2)CC1.C/C=N/N1CCN(Cc2cc(-c3cccnc3)no2)CC1.C/C=N/N1CCN(Cc2cc(C)no2)CC1.C/C=N/N1CCN(Cc2cc(CC)no2)CC1.C/C=N/N1CCN(Cc2cc(CN(C)C)no2)CC1. The summed E-state index contributed by atoms with van der Waals surface area (Å²) in [6.07, 6.45) is 19.1. The van der Waals surface area contributed by atoms with E-state index in [1.807, 2.05) is 228 Å². The Labute approximate surface area is 822 Å². The summed E-state index contributed by atoms with van der Waals surface area (Å²) in [5.74, 6) is 6.32. The van der Waals surface area contributed by atoms with Crippen LogP contribution in [0.3, 0.4) is 0 Å². The molecule has 40 nitrogen and oxygen atoms in total. The Bertz CT molecular complexity index is 5220. The van der Waals surface area contributed by atoms with E-state index in [0.29, 0.717) is 0 Å². The van der Waals surface area contributed by atoms with Gasteiger partial charge in [0, 0.05) is 324 Å². The van der Waals surface area contributed by atoms with Crippen molar-refractivity contribution in [1.82, 2.24) is 120 Å². The highest BCUT2D eigenvalue weighted by molar-refractivity contribution is 5.89. The second-order valence-corrected chi connectivity index (χ2v) is 34.6. The Kier molecular flexibility index (Phi) is 43.6. The maximum absolute atomic E-state index is 11.1. The maximum atomic E-state index is 11.1. The average molecular weight is 1920 g/mol.